The molecule has 0 unspecified atom stereocenters. The lowest BCUT2D eigenvalue weighted by molar-refractivity contribution is 0.102. The molecule has 2 rings (SSSR count). The van der Waals surface area contributed by atoms with E-state index in [2.05, 4.69) is 20.3 Å². The van der Waals surface area contributed by atoms with Gasteiger partial charge in [-0.1, -0.05) is 46.4 Å². The third-order valence-corrected chi connectivity index (χ3v) is 3.46. The average molecular weight is 338 g/mol. The molecule has 0 aliphatic heterocycles. The highest BCUT2D eigenvalue weighted by Gasteiger charge is 2.13. The Labute approximate surface area is 127 Å². The lowest BCUT2D eigenvalue weighted by Gasteiger charge is -2.06. The third kappa shape index (κ3) is 3.25. The van der Waals surface area contributed by atoms with Gasteiger partial charge in [0.05, 0.1) is 10.6 Å². The standard InChI is InChI=1S/C10H4Cl4N4O/c11-5-1-4(2-15-7(5)13)10(19)18-9-6(12)8(14)16-3-17-9/h1-3H,(H,16,17,18,19). The molecule has 0 aliphatic rings. The van der Waals surface area contributed by atoms with E-state index >= 15 is 0 Å². The fraction of sp³-hybridized carbons (Fsp3) is 0. The summed E-state index contributed by atoms with van der Waals surface area (Å²) in [6, 6.07) is 1.38. The van der Waals surface area contributed by atoms with Crippen LogP contribution in [0.5, 0.6) is 0 Å². The monoisotopic (exact) mass is 336 g/mol. The van der Waals surface area contributed by atoms with Gasteiger partial charge in [-0.3, -0.25) is 4.79 Å². The normalized spacial score (nSPS) is 10.3. The first-order valence-corrected chi connectivity index (χ1v) is 6.28. The Bertz CT molecular complexity index is 649. The quantitative estimate of drug-likeness (QED) is 0.669. The summed E-state index contributed by atoms with van der Waals surface area (Å²) >= 11 is 23.0. The van der Waals surface area contributed by atoms with E-state index < -0.39 is 5.91 Å². The smallest absolute Gasteiger partial charge is 0.258 e. The van der Waals surface area contributed by atoms with Crippen LogP contribution in [0.1, 0.15) is 10.4 Å². The number of halogens is 4. The average Bonchev–Trinajstić information content (AvgIpc) is 2.38. The van der Waals surface area contributed by atoms with Crippen molar-refractivity contribution in [3.63, 3.8) is 0 Å². The van der Waals surface area contributed by atoms with Gasteiger partial charge in [-0.15, -0.1) is 0 Å². The summed E-state index contributed by atoms with van der Waals surface area (Å²) in [5.74, 6) is -0.402. The fourth-order valence-electron chi connectivity index (χ4n) is 1.16. The van der Waals surface area contributed by atoms with Crippen molar-refractivity contribution < 1.29 is 4.79 Å². The second-order valence-electron chi connectivity index (χ2n) is 3.28. The fourth-order valence-corrected chi connectivity index (χ4v) is 1.71. The number of nitrogens with zero attached hydrogens (tertiary/aromatic N) is 3. The number of nitrogens with one attached hydrogen (secondary N) is 1. The van der Waals surface area contributed by atoms with E-state index in [1.165, 1.54) is 18.6 Å². The molecule has 0 spiro atoms. The predicted molar refractivity (Wildman–Crippen MR) is 74.3 cm³/mol. The van der Waals surface area contributed by atoms with Crippen LogP contribution < -0.4 is 5.32 Å². The molecule has 0 aromatic carbocycles. The van der Waals surface area contributed by atoms with Crippen molar-refractivity contribution in [2.45, 2.75) is 0 Å². The van der Waals surface area contributed by atoms with Gasteiger partial charge in [-0.05, 0) is 6.07 Å². The number of hydrogen-bond donors (Lipinski definition) is 1. The van der Waals surface area contributed by atoms with Gasteiger partial charge in [0, 0.05) is 6.20 Å². The number of rotatable bonds is 2. The van der Waals surface area contributed by atoms with E-state index in [0.717, 1.165) is 0 Å². The summed E-state index contributed by atoms with van der Waals surface area (Å²) in [7, 11) is 0. The van der Waals surface area contributed by atoms with E-state index in [1.807, 2.05) is 0 Å². The SMILES string of the molecule is O=C(Nc1ncnc(Cl)c1Cl)c1cnc(Cl)c(Cl)c1. The van der Waals surface area contributed by atoms with Crippen LogP contribution >= 0.6 is 46.4 Å². The topological polar surface area (TPSA) is 67.8 Å². The van der Waals surface area contributed by atoms with Crippen molar-refractivity contribution >= 4 is 58.1 Å². The van der Waals surface area contributed by atoms with Gasteiger partial charge in [-0.2, -0.15) is 0 Å². The van der Waals surface area contributed by atoms with Gasteiger partial charge >= 0.3 is 0 Å². The third-order valence-electron chi connectivity index (χ3n) is 2.04. The number of aromatic nitrogens is 3. The van der Waals surface area contributed by atoms with Crippen LogP contribution in [0.2, 0.25) is 20.4 Å². The second kappa shape index (κ2) is 5.88. The summed E-state index contributed by atoms with van der Waals surface area (Å²) in [6.45, 7) is 0. The lowest BCUT2D eigenvalue weighted by atomic mass is 10.2. The number of amides is 1. The molecule has 2 aromatic rings. The Hall–Kier alpha value is -1.14. The van der Waals surface area contributed by atoms with Crippen molar-refractivity contribution in [3.05, 3.63) is 44.5 Å². The number of pyridine rings is 1. The Morgan fingerprint density at radius 3 is 2.47 bits per heavy atom. The van der Waals surface area contributed by atoms with Gasteiger partial charge in [0.25, 0.3) is 5.91 Å². The zero-order valence-corrected chi connectivity index (χ0v) is 12.0. The summed E-state index contributed by atoms with van der Waals surface area (Å²) in [4.78, 5) is 23.2. The maximum atomic E-state index is 11.9. The van der Waals surface area contributed by atoms with Crippen molar-refractivity contribution in [2.75, 3.05) is 5.32 Å². The molecule has 1 N–H and O–H groups in total. The molecule has 0 fully saturated rings. The molecule has 9 heteroatoms. The highest BCUT2D eigenvalue weighted by molar-refractivity contribution is 6.43. The molecule has 0 aliphatic carbocycles. The van der Waals surface area contributed by atoms with Crippen molar-refractivity contribution in [1.29, 1.82) is 0 Å². The molecule has 5 nitrogen and oxygen atoms in total. The van der Waals surface area contributed by atoms with Crippen molar-refractivity contribution in [1.82, 2.24) is 15.0 Å². The van der Waals surface area contributed by atoms with Gasteiger partial charge in [0.2, 0.25) is 0 Å². The minimum atomic E-state index is -0.497. The molecular weight excluding hydrogens is 334 g/mol. The Balaban J connectivity index is 2.26. The van der Waals surface area contributed by atoms with Crippen LogP contribution in [0, 0.1) is 0 Å². The predicted octanol–water partition coefficient (Wildman–Crippen LogP) is 3.74. The highest BCUT2D eigenvalue weighted by Crippen LogP contribution is 2.26. The van der Waals surface area contributed by atoms with E-state index in [0.29, 0.717) is 0 Å². The number of carbonyl (C=O) groups excluding carboxylic acids is 1. The highest BCUT2D eigenvalue weighted by atomic mass is 35.5. The van der Waals surface area contributed by atoms with Crippen LogP contribution in [-0.4, -0.2) is 20.9 Å². The van der Waals surface area contributed by atoms with E-state index in [1.54, 1.807) is 0 Å². The molecule has 0 saturated carbocycles. The molecule has 2 heterocycles. The first kappa shape index (κ1) is 14.3. The first-order valence-electron chi connectivity index (χ1n) is 4.77. The summed E-state index contributed by atoms with van der Waals surface area (Å²) in [5.41, 5.74) is 0.209. The maximum absolute atomic E-state index is 11.9. The molecule has 98 valence electrons. The van der Waals surface area contributed by atoms with Crippen LogP contribution in [0.15, 0.2) is 18.6 Å². The lowest BCUT2D eigenvalue weighted by Crippen LogP contribution is -2.14. The molecule has 0 bridgehead atoms. The van der Waals surface area contributed by atoms with E-state index in [4.69, 9.17) is 46.4 Å². The zero-order valence-electron chi connectivity index (χ0n) is 8.99. The van der Waals surface area contributed by atoms with Crippen LogP contribution in [0.3, 0.4) is 0 Å². The molecule has 1 amide bonds. The number of hydrogen-bond acceptors (Lipinski definition) is 4. The largest absolute Gasteiger partial charge is 0.305 e. The van der Waals surface area contributed by atoms with Crippen LogP contribution in [-0.2, 0) is 0 Å². The molecule has 0 atom stereocenters. The summed E-state index contributed by atoms with van der Waals surface area (Å²) in [5, 5.41) is 2.83. The van der Waals surface area contributed by atoms with E-state index in [9.17, 15) is 4.79 Å². The minimum absolute atomic E-state index is 0.0410. The zero-order chi connectivity index (χ0) is 14.0. The van der Waals surface area contributed by atoms with Gasteiger partial charge < -0.3 is 5.32 Å². The van der Waals surface area contributed by atoms with Crippen molar-refractivity contribution in [2.24, 2.45) is 0 Å². The molecule has 0 radical (unpaired) electrons. The second-order valence-corrected chi connectivity index (χ2v) is 4.78. The Morgan fingerprint density at radius 2 is 1.79 bits per heavy atom. The van der Waals surface area contributed by atoms with Crippen LogP contribution in [0.4, 0.5) is 5.82 Å². The summed E-state index contributed by atoms with van der Waals surface area (Å²) < 4.78 is 0. The maximum Gasteiger partial charge on any atom is 0.258 e. The molecule has 2 aromatic heterocycles. The van der Waals surface area contributed by atoms with Gasteiger partial charge in [-0.25, -0.2) is 15.0 Å². The molecular formula is C10H4Cl4N4O. The van der Waals surface area contributed by atoms with Gasteiger partial charge in [0.15, 0.2) is 11.0 Å². The van der Waals surface area contributed by atoms with E-state index in [-0.39, 0.29) is 31.7 Å². The summed E-state index contributed by atoms with van der Waals surface area (Å²) in [6.07, 6.45) is 2.46. The minimum Gasteiger partial charge on any atom is -0.305 e. The molecule has 19 heavy (non-hydrogen) atoms. The first-order chi connectivity index (χ1) is 8.99. The Kier molecular flexibility index (Phi) is 4.42. The van der Waals surface area contributed by atoms with Gasteiger partial charge in [0.1, 0.15) is 16.5 Å². The number of carbonyl (C=O) groups is 1. The Morgan fingerprint density at radius 1 is 1.05 bits per heavy atom. The van der Waals surface area contributed by atoms with Crippen molar-refractivity contribution in [3.8, 4) is 0 Å². The van der Waals surface area contributed by atoms with Crippen LogP contribution in [0.25, 0.3) is 0 Å². The number of anilines is 1. The molecule has 0 saturated heterocycles.